The molecule has 1 heterocycles. The molecule has 3 nitrogen and oxygen atoms in total. The third kappa shape index (κ3) is 6.23. The van der Waals surface area contributed by atoms with Crippen molar-refractivity contribution in [2.45, 2.75) is 24.8 Å². The molecule has 0 aliphatic carbocycles. The van der Waals surface area contributed by atoms with Gasteiger partial charge in [-0.25, -0.2) is 0 Å². The molecule has 2 aromatic carbocycles. The normalized spacial score (nSPS) is 12.1. The lowest BCUT2D eigenvalue weighted by Gasteiger charge is -2.19. The van der Waals surface area contributed by atoms with Crippen LogP contribution < -0.4 is 5.32 Å². The maximum Gasteiger partial charge on any atom is 0.233 e. The SMILES string of the molecule is CC(SCCOC(c1ccccc1)c1ccccc1)C(=O)NCc1cccs1. The summed E-state index contributed by atoms with van der Waals surface area (Å²) < 4.78 is 6.21. The lowest BCUT2D eigenvalue weighted by atomic mass is 10.0. The Bertz CT molecular complexity index is 783. The average Bonchev–Trinajstić information content (AvgIpc) is 3.27. The monoisotopic (exact) mass is 411 g/mol. The summed E-state index contributed by atoms with van der Waals surface area (Å²) in [6, 6.07) is 24.5. The molecule has 1 unspecified atom stereocenters. The standard InChI is InChI=1S/C23H25NO2S2/c1-18(23(25)24-17-21-13-8-15-28-21)27-16-14-26-22(19-9-4-2-5-10-19)20-11-6-3-7-12-20/h2-13,15,18,22H,14,16-17H2,1H3,(H,24,25). The number of rotatable bonds is 10. The summed E-state index contributed by atoms with van der Waals surface area (Å²) in [7, 11) is 0. The van der Waals surface area contributed by atoms with Crippen molar-refractivity contribution in [2.24, 2.45) is 0 Å². The number of carbonyl (C=O) groups excluding carboxylic acids is 1. The van der Waals surface area contributed by atoms with Crippen LogP contribution in [0.3, 0.4) is 0 Å². The van der Waals surface area contributed by atoms with Crippen molar-refractivity contribution in [3.05, 3.63) is 94.2 Å². The third-order valence-electron chi connectivity index (χ3n) is 4.33. The lowest BCUT2D eigenvalue weighted by molar-refractivity contribution is -0.120. The van der Waals surface area contributed by atoms with Crippen LogP contribution in [0.1, 0.15) is 29.0 Å². The molecule has 28 heavy (non-hydrogen) atoms. The molecular formula is C23H25NO2S2. The molecule has 1 N–H and O–H groups in total. The number of benzene rings is 2. The molecule has 1 amide bonds. The number of thiophene rings is 1. The molecular weight excluding hydrogens is 386 g/mol. The van der Waals surface area contributed by atoms with E-state index in [9.17, 15) is 4.79 Å². The topological polar surface area (TPSA) is 38.3 Å². The van der Waals surface area contributed by atoms with Crippen LogP contribution in [-0.4, -0.2) is 23.5 Å². The zero-order valence-electron chi connectivity index (χ0n) is 15.9. The first-order valence-electron chi connectivity index (χ1n) is 9.37. The van der Waals surface area contributed by atoms with E-state index in [-0.39, 0.29) is 17.3 Å². The van der Waals surface area contributed by atoms with E-state index in [2.05, 4.69) is 29.6 Å². The Morgan fingerprint density at radius 1 is 1.00 bits per heavy atom. The van der Waals surface area contributed by atoms with E-state index in [1.54, 1.807) is 23.1 Å². The van der Waals surface area contributed by atoms with Crippen LogP contribution >= 0.6 is 23.1 Å². The van der Waals surface area contributed by atoms with Crippen molar-refractivity contribution in [3.63, 3.8) is 0 Å². The fraction of sp³-hybridized carbons (Fsp3) is 0.261. The van der Waals surface area contributed by atoms with Gasteiger partial charge in [0.15, 0.2) is 0 Å². The Morgan fingerprint density at radius 2 is 1.64 bits per heavy atom. The summed E-state index contributed by atoms with van der Waals surface area (Å²) in [6.45, 7) is 3.13. The highest BCUT2D eigenvalue weighted by Gasteiger charge is 2.16. The highest BCUT2D eigenvalue weighted by molar-refractivity contribution is 8.00. The van der Waals surface area contributed by atoms with E-state index in [1.165, 1.54) is 4.88 Å². The molecule has 0 bridgehead atoms. The summed E-state index contributed by atoms with van der Waals surface area (Å²) in [5, 5.41) is 4.92. The maximum absolute atomic E-state index is 12.2. The van der Waals surface area contributed by atoms with Crippen LogP contribution in [0.25, 0.3) is 0 Å². The lowest BCUT2D eigenvalue weighted by Crippen LogP contribution is -2.30. The van der Waals surface area contributed by atoms with Crippen molar-refractivity contribution in [1.82, 2.24) is 5.32 Å². The minimum Gasteiger partial charge on any atom is -0.368 e. The largest absolute Gasteiger partial charge is 0.368 e. The van der Waals surface area contributed by atoms with Gasteiger partial charge in [-0.15, -0.1) is 23.1 Å². The second-order valence-corrected chi connectivity index (χ2v) is 8.86. The van der Waals surface area contributed by atoms with Crippen molar-refractivity contribution in [2.75, 3.05) is 12.4 Å². The molecule has 1 aromatic heterocycles. The third-order valence-corrected chi connectivity index (χ3v) is 6.32. The number of ether oxygens (including phenoxy) is 1. The number of carbonyl (C=O) groups is 1. The Balaban J connectivity index is 1.47. The van der Waals surface area contributed by atoms with Gasteiger partial charge in [0.25, 0.3) is 0 Å². The Morgan fingerprint density at radius 3 is 2.21 bits per heavy atom. The van der Waals surface area contributed by atoms with Gasteiger partial charge in [0.2, 0.25) is 5.91 Å². The first kappa shape index (κ1) is 20.6. The minimum atomic E-state index is -0.101. The van der Waals surface area contributed by atoms with Crippen molar-refractivity contribution >= 4 is 29.0 Å². The van der Waals surface area contributed by atoms with E-state index in [4.69, 9.17) is 4.74 Å². The van der Waals surface area contributed by atoms with Crippen LogP contribution in [0, 0.1) is 0 Å². The number of hydrogen-bond acceptors (Lipinski definition) is 4. The highest BCUT2D eigenvalue weighted by Crippen LogP contribution is 2.26. The Kier molecular flexibility index (Phi) is 8.15. The van der Waals surface area contributed by atoms with Gasteiger partial charge in [-0.3, -0.25) is 4.79 Å². The van der Waals surface area contributed by atoms with Crippen LogP contribution in [-0.2, 0) is 16.1 Å². The smallest absolute Gasteiger partial charge is 0.233 e. The fourth-order valence-corrected chi connectivity index (χ4v) is 4.26. The van der Waals surface area contributed by atoms with E-state index in [0.29, 0.717) is 13.2 Å². The number of thioether (sulfide) groups is 1. The van der Waals surface area contributed by atoms with Crippen molar-refractivity contribution < 1.29 is 9.53 Å². The summed E-state index contributed by atoms with van der Waals surface area (Å²) in [6.07, 6.45) is -0.0917. The molecule has 3 rings (SSSR count). The number of nitrogens with one attached hydrogen (secondary N) is 1. The molecule has 0 aliphatic heterocycles. The van der Waals surface area contributed by atoms with Crippen LogP contribution in [0.2, 0.25) is 0 Å². The van der Waals surface area contributed by atoms with Gasteiger partial charge in [0.05, 0.1) is 18.4 Å². The Hall–Kier alpha value is -2.08. The predicted molar refractivity (Wildman–Crippen MR) is 119 cm³/mol. The van der Waals surface area contributed by atoms with Crippen LogP contribution in [0.5, 0.6) is 0 Å². The summed E-state index contributed by atoms with van der Waals surface area (Å²) in [4.78, 5) is 13.4. The first-order valence-corrected chi connectivity index (χ1v) is 11.3. The van der Waals surface area contributed by atoms with E-state index < -0.39 is 0 Å². The molecule has 5 heteroatoms. The number of hydrogen-bond donors (Lipinski definition) is 1. The van der Waals surface area contributed by atoms with E-state index in [0.717, 1.165) is 16.9 Å². The average molecular weight is 412 g/mol. The molecule has 0 aliphatic rings. The van der Waals surface area contributed by atoms with Gasteiger partial charge in [-0.05, 0) is 29.5 Å². The van der Waals surface area contributed by atoms with Gasteiger partial charge in [0.1, 0.15) is 6.10 Å². The second-order valence-electron chi connectivity index (χ2n) is 6.38. The van der Waals surface area contributed by atoms with E-state index in [1.807, 2.05) is 60.8 Å². The van der Waals surface area contributed by atoms with Crippen molar-refractivity contribution in [3.8, 4) is 0 Å². The molecule has 0 radical (unpaired) electrons. The molecule has 3 aromatic rings. The molecule has 146 valence electrons. The van der Waals surface area contributed by atoms with Crippen LogP contribution in [0.15, 0.2) is 78.2 Å². The quantitative estimate of drug-likeness (QED) is 0.461. The molecule has 1 atom stereocenters. The van der Waals surface area contributed by atoms with Crippen LogP contribution in [0.4, 0.5) is 0 Å². The summed E-state index contributed by atoms with van der Waals surface area (Å²) in [5.41, 5.74) is 2.28. The van der Waals surface area contributed by atoms with Gasteiger partial charge in [-0.1, -0.05) is 66.7 Å². The maximum atomic E-state index is 12.2. The Labute approximate surface area is 175 Å². The van der Waals surface area contributed by atoms with Gasteiger partial charge < -0.3 is 10.1 Å². The van der Waals surface area contributed by atoms with Gasteiger partial charge in [-0.2, -0.15) is 0 Å². The zero-order chi connectivity index (χ0) is 19.6. The summed E-state index contributed by atoms with van der Waals surface area (Å²) >= 11 is 3.28. The predicted octanol–water partition coefficient (Wildman–Crippen LogP) is 5.29. The number of amides is 1. The second kappa shape index (κ2) is 11.1. The van der Waals surface area contributed by atoms with Gasteiger partial charge >= 0.3 is 0 Å². The summed E-state index contributed by atoms with van der Waals surface area (Å²) in [5.74, 6) is 0.838. The zero-order valence-corrected chi connectivity index (χ0v) is 17.5. The first-order chi connectivity index (χ1) is 13.7. The minimum absolute atomic E-state index is 0.0704. The fourth-order valence-electron chi connectivity index (χ4n) is 2.84. The van der Waals surface area contributed by atoms with E-state index >= 15 is 0 Å². The van der Waals surface area contributed by atoms with Crippen molar-refractivity contribution in [1.29, 1.82) is 0 Å². The van der Waals surface area contributed by atoms with Gasteiger partial charge in [0, 0.05) is 10.6 Å². The molecule has 0 fully saturated rings. The molecule has 0 saturated carbocycles. The molecule has 0 saturated heterocycles. The molecule has 0 spiro atoms. The highest BCUT2D eigenvalue weighted by atomic mass is 32.2.